The first-order chi connectivity index (χ1) is 4.21. The molecule has 0 aliphatic heterocycles. The van der Waals surface area contributed by atoms with Gasteiger partial charge in [-0.15, -0.1) is 0 Å². The third-order valence-corrected chi connectivity index (χ3v) is 1.04. The van der Waals surface area contributed by atoms with Crippen molar-refractivity contribution in [1.29, 1.82) is 0 Å². The van der Waals surface area contributed by atoms with Crippen molar-refractivity contribution in [2.75, 3.05) is 6.61 Å². The zero-order valence-electron chi connectivity index (χ0n) is 7.25. The summed E-state index contributed by atoms with van der Waals surface area (Å²) in [5.74, 6) is 0. The zero-order valence-corrected chi connectivity index (χ0v) is 11.2. The molecule has 0 aliphatic rings. The fourth-order valence-electron chi connectivity index (χ4n) is 0.249. The van der Waals surface area contributed by atoms with Crippen LogP contribution in [0.4, 0.5) is 0 Å². The van der Waals surface area contributed by atoms with E-state index in [0.717, 1.165) is 0 Å². The SMILES string of the molecule is CC(C)(C)COS(=O)(=O)[O-].[K+]. The molecule has 0 saturated carbocycles. The van der Waals surface area contributed by atoms with Gasteiger partial charge < -0.3 is 4.55 Å². The van der Waals surface area contributed by atoms with Gasteiger partial charge in [0.1, 0.15) is 0 Å². The molecule has 0 aromatic carbocycles. The van der Waals surface area contributed by atoms with Gasteiger partial charge in [-0.3, -0.25) is 4.18 Å². The van der Waals surface area contributed by atoms with E-state index >= 15 is 0 Å². The van der Waals surface area contributed by atoms with E-state index in [9.17, 15) is 13.0 Å². The molecule has 0 amide bonds. The monoisotopic (exact) mass is 206 g/mol. The molecule has 0 N–H and O–H groups in total. The molecular weight excluding hydrogens is 195 g/mol. The van der Waals surface area contributed by atoms with Gasteiger partial charge in [0, 0.05) is 0 Å². The summed E-state index contributed by atoms with van der Waals surface area (Å²) in [7, 11) is -4.51. The van der Waals surface area contributed by atoms with Crippen LogP contribution >= 0.6 is 0 Å². The van der Waals surface area contributed by atoms with E-state index in [2.05, 4.69) is 4.18 Å². The molecule has 0 aromatic rings. The first-order valence-corrected chi connectivity index (χ1v) is 4.14. The van der Waals surface area contributed by atoms with Gasteiger partial charge in [0.05, 0.1) is 6.61 Å². The van der Waals surface area contributed by atoms with Crippen LogP contribution in [0.15, 0.2) is 0 Å². The van der Waals surface area contributed by atoms with E-state index in [1.807, 2.05) is 0 Å². The van der Waals surface area contributed by atoms with E-state index in [1.165, 1.54) is 0 Å². The fourth-order valence-corrected chi connectivity index (χ4v) is 0.747. The molecule has 0 aliphatic carbocycles. The van der Waals surface area contributed by atoms with Crippen molar-refractivity contribution in [3.8, 4) is 0 Å². The first-order valence-electron chi connectivity index (χ1n) is 2.81. The van der Waals surface area contributed by atoms with E-state index in [4.69, 9.17) is 0 Å². The van der Waals surface area contributed by atoms with Crippen LogP contribution in [0.2, 0.25) is 0 Å². The topological polar surface area (TPSA) is 66.4 Å². The van der Waals surface area contributed by atoms with Gasteiger partial charge in [0.2, 0.25) is 10.4 Å². The molecule has 0 bridgehead atoms. The Balaban J connectivity index is 0. The predicted molar refractivity (Wildman–Crippen MR) is 35.1 cm³/mol. The minimum absolute atomic E-state index is 0. The van der Waals surface area contributed by atoms with E-state index < -0.39 is 10.4 Å². The van der Waals surface area contributed by atoms with Crippen molar-refractivity contribution >= 4 is 10.4 Å². The Morgan fingerprint density at radius 1 is 1.36 bits per heavy atom. The molecule has 4 nitrogen and oxygen atoms in total. The second-order valence-corrected chi connectivity index (χ2v) is 4.28. The van der Waals surface area contributed by atoms with Crippen LogP contribution < -0.4 is 51.4 Å². The Hall–Kier alpha value is 1.51. The average Bonchev–Trinajstić information content (AvgIpc) is 1.57. The molecule has 0 atom stereocenters. The average molecular weight is 206 g/mol. The largest absolute Gasteiger partial charge is 1.00 e. The maximum atomic E-state index is 9.90. The molecule has 6 heteroatoms. The maximum absolute atomic E-state index is 9.90. The molecule has 11 heavy (non-hydrogen) atoms. The quantitative estimate of drug-likeness (QED) is 0.285. The van der Waals surface area contributed by atoms with Gasteiger partial charge >= 0.3 is 51.4 Å². The molecule has 0 spiro atoms. The van der Waals surface area contributed by atoms with Gasteiger partial charge in [0.15, 0.2) is 0 Å². The molecular formula is C5H11KO4S. The van der Waals surface area contributed by atoms with Crippen LogP contribution in [-0.2, 0) is 14.6 Å². The molecule has 62 valence electrons. The molecule has 0 saturated heterocycles. The normalized spacial score (nSPS) is 12.4. The van der Waals surface area contributed by atoms with Crippen LogP contribution in [0, 0.1) is 5.41 Å². The van der Waals surface area contributed by atoms with Crippen LogP contribution in [0.25, 0.3) is 0 Å². The Morgan fingerprint density at radius 2 is 1.73 bits per heavy atom. The van der Waals surface area contributed by atoms with Gasteiger partial charge in [-0.1, -0.05) is 20.8 Å². The van der Waals surface area contributed by atoms with Gasteiger partial charge in [-0.2, -0.15) is 0 Å². The first kappa shape index (κ1) is 15.0. The standard InChI is InChI=1S/C5H12O4S.K/c1-5(2,3)4-9-10(6,7)8;/h4H2,1-3H3,(H,6,7,8);/q;+1/p-1. The summed E-state index contributed by atoms with van der Waals surface area (Å²) < 4.78 is 33.7. The Labute approximate surface area is 110 Å². The molecule has 0 aromatic heterocycles. The smallest absolute Gasteiger partial charge is 0.726 e. The van der Waals surface area contributed by atoms with Crippen LogP contribution in [-0.4, -0.2) is 19.6 Å². The third-order valence-electron chi connectivity index (χ3n) is 0.636. The minimum atomic E-state index is -4.51. The summed E-state index contributed by atoms with van der Waals surface area (Å²) in [5, 5.41) is 0. The number of rotatable bonds is 2. The Morgan fingerprint density at radius 3 is 1.82 bits per heavy atom. The summed E-state index contributed by atoms with van der Waals surface area (Å²) in [6.07, 6.45) is 0. The Kier molecular flexibility index (Phi) is 7.20. The van der Waals surface area contributed by atoms with Gasteiger partial charge in [0.25, 0.3) is 0 Å². The maximum Gasteiger partial charge on any atom is 1.00 e. The van der Waals surface area contributed by atoms with Crippen molar-refractivity contribution < 1.29 is 68.5 Å². The second-order valence-electron chi connectivity index (χ2n) is 3.23. The molecule has 0 heterocycles. The molecule has 0 fully saturated rings. The zero-order chi connectivity index (χ0) is 8.41. The summed E-state index contributed by atoms with van der Waals surface area (Å²) in [5.41, 5.74) is -0.294. The van der Waals surface area contributed by atoms with Gasteiger partial charge in [-0.05, 0) is 5.41 Å². The van der Waals surface area contributed by atoms with Crippen LogP contribution in [0.3, 0.4) is 0 Å². The third kappa shape index (κ3) is 14.4. The van der Waals surface area contributed by atoms with Crippen molar-refractivity contribution in [1.82, 2.24) is 0 Å². The number of hydrogen-bond acceptors (Lipinski definition) is 4. The summed E-state index contributed by atoms with van der Waals surface area (Å²) in [4.78, 5) is 0. The summed E-state index contributed by atoms with van der Waals surface area (Å²) in [6, 6.07) is 0. The van der Waals surface area contributed by atoms with E-state index in [1.54, 1.807) is 20.8 Å². The molecule has 0 radical (unpaired) electrons. The van der Waals surface area contributed by atoms with Crippen LogP contribution in [0.5, 0.6) is 0 Å². The summed E-state index contributed by atoms with van der Waals surface area (Å²) >= 11 is 0. The van der Waals surface area contributed by atoms with Crippen molar-refractivity contribution in [3.05, 3.63) is 0 Å². The van der Waals surface area contributed by atoms with Crippen molar-refractivity contribution in [2.45, 2.75) is 20.8 Å². The second kappa shape index (κ2) is 5.28. The fraction of sp³-hybridized carbons (Fsp3) is 1.00. The predicted octanol–water partition coefficient (Wildman–Crippen LogP) is -2.49. The van der Waals surface area contributed by atoms with Crippen LogP contribution in [0.1, 0.15) is 20.8 Å². The van der Waals surface area contributed by atoms with E-state index in [0.29, 0.717) is 0 Å². The molecule has 0 unspecified atom stereocenters. The van der Waals surface area contributed by atoms with Gasteiger partial charge in [-0.25, -0.2) is 8.42 Å². The minimum Gasteiger partial charge on any atom is -0.726 e. The van der Waals surface area contributed by atoms with E-state index in [-0.39, 0.29) is 63.4 Å². The molecule has 0 rings (SSSR count). The van der Waals surface area contributed by atoms with Crippen molar-refractivity contribution in [2.24, 2.45) is 5.41 Å². The van der Waals surface area contributed by atoms with Crippen molar-refractivity contribution in [3.63, 3.8) is 0 Å². The Bertz CT molecular complexity index is 191. The summed E-state index contributed by atoms with van der Waals surface area (Å²) in [6.45, 7) is 5.26. The number of hydrogen-bond donors (Lipinski definition) is 0.